The van der Waals surface area contributed by atoms with Crippen LogP contribution in [0.2, 0.25) is 5.02 Å². The highest BCUT2D eigenvalue weighted by Crippen LogP contribution is 2.22. The first-order chi connectivity index (χ1) is 7.45. The Morgan fingerprint density at radius 3 is 2.69 bits per heavy atom. The zero-order valence-corrected chi connectivity index (χ0v) is 9.79. The van der Waals surface area contributed by atoms with Crippen LogP contribution in [0.5, 0.6) is 0 Å². The van der Waals surface area contributed by atoms with Gasteiger partial charge in [-0.25, -0.2) is 13.6 Å². The SMILES string of the molecule is N#CCC=Cc1ccc(S(N)(=O)=O)c(Cl)c1. The van der Waals surface area contributed by atoms with Crippen molar-refractivity contribution in [2.24, 2.45) is 5.14 Å². The Labute approximate surface area is 99.0 Å². The van der Waals surface area contributed by atoms with E-state index >= 15 is 0 Å². The lowest BCUT2D eigenvalue weighted by Crippen LogP contribution is -2.12. The maximum atomic E-state index is 11.1. The molecule has 0 saturated heterocycles. The van der Waals surface area contributed by atoms with Crippen molar-refractivity contribution in [2.45, 2.75) is 11.3 Å². The quantitative estimate of drug-likeness (QED) is 0.897. The number of hydrogen-bond donors (Lipinski definition) is 1. The van der Waals surface area contributed by atoms with Crippen LogP contribution in [0.4, 0.5) is 0 Å². The Hall–Kier alpha value is -1.35. The van der Waals surface area contributed by atoms with Gasteiger partial charge >= 0.3 is 0 Å². The molecule has 0 aliphatic carbocycles. The normalized spacial score (nSPS) is 11.6. The van der Waals surface area contributed by atoms with Gasteiger partial charge in [0, 0.05) is 0 Å². The summed E-state index contributed by atoms with van der Waals surface area (Å²) in [7, 11) is -3.78. The average molecular weight is 257 g/mol. The van der Waals surface area contributed by atoms with E-state index in [1.165, 1.54) is 12.1 Å². The number of sulfonamides is 1. The Bertz CT molecular complexity index is 559. The minimum absolute atomic E-state index is 0.0709. The summed E-state index contributed by atoms with van der Waals surface area (Å²) in [4.78, 5) is -0.105. The number of halogens is 1. The van der Waals surface area contributed by atoms with Gasteiger partial charge in [-0.15, -0.1) is 0 Å². The van der Waals surface area contributed by atoms with Crippen LogP contribution < -0.4 is 5.14 Å². The largest absolute Gasteiger partial charge is 0.239 e. The molecule has 0 fully saturated rings. The monoisotopic (exact) mass is 256 g/mol. The van der Waals surface area contributed by atoms with Crippen molar-refractivity contribution in [3.05, 3.63) is 34.9 Å². The highest BCUT2D eigenvalue weighted by atomic mass is 35.5. The van der Waals surface area contributed by atoms with Crippen LogP contribution in [0.1, 0.15) is 12.0 Å². The molecule has 0 saturated carbocycles. The number of nitriles is 1. The number of benzene rings is 1. The molecule has 0 amide bonds. The number of nitrogens with two attached hydrogens (primary N) is 1. The molecule has 0 bridgehead atoms. The molecule has 0 aromatic heterocycles. The van der Waals surface area contributed by atoms with Gasteiger partial charge in [0.1, 0.15) is 4.90 Å². The highest BCUT2D eigenvalue weighted by molar-refractivity contribution is 7.89. The van der Waals surface area contributed by atoms with Gasteiger partial charge in [-0.1, -0.05) is 29.8 Å². The van der Waals surface area contributed by atoms with Gasteiger partial charge in [0.2, 0.25) is 10.0 Å². The number of hydrogen-bond acceptors (Lipinski definition) is 3. The van der Waals surface area contributed by atoms with E-state index in [0.717, 1.165) is 0 Å². The Morgan fingerprint density at radius 1 is 1.50 bits per heavy atom. The van der Waals surface area contributed by atoms with Crippen molar-refractivity contribution < 1.29 is 8.42 Å². The molecule has 1 rings (SSSR count). The second-order valence-electron chi connectivity index (χ2n) is 3.00. The first kappa shape index (κ1) is 12.7. The molecule has 0 heterocycles. The van der Waals surface area contributed by atoms with E-state index in [-0.39, 0.29) is 16.3 Å². The van der Waals surface area contributed by atoms with Crippen LogP contribution >= 0.6 is 11.6 Å². The van der Waals surface area contributed by atoms with Crippen LogP contribution in [-0.2, 0) is 10.0 Å². The summed E-state index contributed by atoms with van der Waals surface area (Å²) in [5.74, 6) is 0. The van der Waals surface area contributed by atoms with E-state index in [9.17, 15) is 8.42 Å². The summed E-state index contributed by atoms with van der Waals surface area (Å²) in [6.07, 6.45) is 3.62. The summed E-state index contributed by atoms with van der Waals surface area (Å²) in [5.41, 5.74) is 0.715. The molecule has 16 heavy (non-hydrogen) atoms. The Balaban J connectivity index is 3.06. The summed E-state index contributed by atoms with van der Waals surface area (Å²) < 4.78 is 22.1. The predicted octanol–water partition coefficient (Wildman–Crippen LogP) is 1.91. The van der Waals surface area contributed by atoms with Crippen molar-refractivity contribution in [3.8, 4) is 6.07 Å². The molecule has 0 aliphatic rings. The lowest BCUT2D eigenvalue weighted by molar-refractivity contribution is 0.598. The maximum absolute atomic E-state index is 11.1. The molecule has 0 atom stereocenters. The average Bonchev–Trinajstić information content (AvgIpc) is 2.16. The molecule has 0 unspecified atom stereocenters. The smallest absolute Gasteiger partial charge is 0.225 e. The van der Waals surface area contributed by atoms with Crippen LogP contribution in [0.15, 0.2) is 29.2 Å². The fraction of sp³-hybridized carbons (Fsp3) is 0.100. The van der Waals surface area contributed by atoms with E-state index in [4.69, 9.17) is 22.0 Å². The zero-order chi connectivity index (χ0) is 12.2. The summed E-state index contributed by atoms with van der Waals surface area (Å²) in [6, 6.07) is 6.34. The maximum Gasteiger partial charge on any atom is 0.239 e. The summed E-state index contributed by atoms with van der Waals surface area (Å²) >= 11 is 5.77. The van der Waals surface area contributed by atoms with Crippen molar-refractivity contribution >= 4 is 27.7 Å². The molecule has 4 nitrogen and oxygen atoms in total. The number of primary sulfonamides is 1. The van der Waals surface area contributed by atoms with Crippen LogP contribution in [-0.4, -0.2) is 8.42 Å². The third-order valence-electron chi connectivity index (χ3n) is 1.78. The molecule has 84 valence electrons. The van der Waals surface area contributed by atoms with Crippen molar-refractivity contribution in [1.82, 2.24) is 0 Å². The van der Waals surface area contributed by atoms with E-state index in [1.54, 1.807) is 18.2 Å². The van der Waals surface area contributed by atoms with Crippen LogP contribution in [0.3, 0.4) is 0 Å². The second kappa shape index (κ2) is 5.12. The molecule has 0 aliphatic heterocycles. The summed E-state index contributed by atoms with van der Waals surface area (Å²) in [5, 5.41) is 13.4. The molecular weight excluding hydrogens is 248 g/mol. The number of allylic oxidation sites excluding steroid dienone is 1. The van der Waals surface area contributed by atoms with E-state index in [2.05, 4.69) is 0 Å². The minimum Gasteiger partial charge on any atom is -0.225 e. The standard InChI is InChI=1S/C10H9ClN2O2S/c11-9-7-8(3-1-2-6-12)4-5-10(9)16(13,14)15/h1,3-5,7H,2H2,(H2,13,14,15). The third kappa shape index (κ3) is 3.35. The molecule has 0 radical (unpaired) electrons. The molecule has 2 N–H and O–H groups in total. The molecule has 6 heteroatoms. The fourth-order valence-corrected chi connectivity index (χ4v) is 2.20. The first-order valence-corrected chi connectivity index (χ1v) is 6.23. The molecule has 0 spiro atoms. The van der Waals surface area contributed by atoms with Crippen LogP contribution in [0.25, 0.3) is 6.08 Å². The van der Waals surface area contributed by atoms with Gasteiger partial charge in [0.15, 0.2) is 0 Å². The minimum atomic E-state index is -3.78. The third-order valence-corrected chi connectivity index (χ3v) is 3.18. The van der Waals surface area contributed by atoms with Gasteiger partial charge in [0.25, 0.3) is 0 Å². The van der Waals surface area contributed by atoms with Gasteiger partial charge in [-0.2, -0.15) is 5.26 Å². The van der Waals surface area contributed by atoms with Crippen molar-refractivity contribution in [3.63, 3.8) is 0 Å². The van der Waals surface area contributed by atoms with E-state index < -0.39 is 10.0 Å². The van der Waals surface area contributed by atoms with Gasteiger partial charge in [-0.05, 0) is 17.7 Å². The zero-order valence-electron chi connectivity index (χ0n) is 8.22. The topological polar surface area (TPSA) is 83.9 Å². The first-order valence-electron chi connectivity index (χ1n) is 4.31. The van der Waals surface area contributed by atoms with Crippen LogP contribution in [0, 0.1) is 11.3 Å². The van der Waals surface area contributed by atoms with Crippen molar-refractivity contribution in [1.29, 1.82) is 5.26 Å². The lowest BCUT2D eigenvalue weighted by atomic mass is 10.2. The van der Waals surface area contributed by atoms with Gasteiger partial charge in [-0.3, -0.25) is 0 Å². The van der Waals surface area contributed by atoms with Gasteiger partial charge in [0.05, 0.1) is 17.5 Å². The molecule has 1 aromatic carbocycles. The van der Waals surface area contributed by atoms with Gasteiger partial charge < -0.3 is 0 Å². The Kier molecular flexibility index (Phi) is 4.07. The number of rotatable bonds is 3. The van der Waals surface area contributed by atoms with E-state index in [0.29, 0.717) is 5.56 Å². The lowest BCUT2D eigenvalue weighted by Gasteiger charge is -2.02. The molecular formula is C10H9ClN2O2S. The van der Waals surface area contributed by atoms with E-state index in [1.807, 2.05) is 6.07 Å². The number of nitrogens with zero attached hydrogens (tertiary/aromatic N) is 1. The predicted molar refractivity (Wildman–Crippen MR) is 62.1 cm³/mol. The van der Waals surface area contributed by atoms with Crippen molar-refractivity contribution in [2.75, 3.05) is 0 Å². The second-order valence-corrected chi connectivity index (χ2v) is 4.94. The molecule has 1 aromatic rings. The Morgan fingerprint density at radius 2 is 2.19 bits per heavy atom. The summed E-state index contributed by atoms with van der Waals surface area (Å²) in [6.45, 7) is 0. The highest BCUT2D eigenvalue weighted by Gasteiger charge is 2.12. The fourth-order valence-electron chi connectivity index (χ4n) is 1.10.